The van der Waals surface area contributed by atoms with Crippen LogP contribution in [0.4, 0.5) is 34.9 Å². The lowest BCUT2D eigenvalue weighted by atomic mass is 10.0. The Morgan fingerprint density at radius 2 is 1.64 bits per heavy atom. The van der Waals surface area contributed by atoms with Gasteiger partial charge in [0.05, 0.1) is 11.9 Å². The molecule has 2 aromatic carbocycles. The Balaban J connectivity index is 1.97. The SMILES string of the molecule is Nc1cccc(N)c1-c1nc(NN=Cc2ccc(F)cc2)ncc1C(F)(F)F. The number of nitrogens with one attached hydrogen (secondary N) is 1. The van der Waals surface area contributed by atoms with Crippen LogP contribution in [0.5, 0.6) is 0 Å². The molecule has 28 heavy (non-hydrogen) atoms. The van der Waals surface area contributed by atoms with E-state index in [-0.39, 0.29) is 22.9 Å². The average molecular weight is 390 g/mol. The molecule has 0 radical (unpaired) electrons. The summed E-state index contributed by atoms with van der Waals surface area (Å²) < 4.78 is 53.1. The van der Waals surface area contributed by atoms with E-state index in [4.69, 9.17) is 11.5 Å². The van der Waals surface area contributed by atoms with Gasteiger partial charge in [-0.1, -0.05) is 18.2 Å². The zero-order valence-corrected chi connectivity index (χ0v) is 14.2. The van der Waals surface area contributed by atoms with E-state index in [1.165, 1.54) is 48.7 Å². The molecule has 0 saturated carbocycles. The Kier molecular flexibility index (Phi) is 5.12. The highest BCUT2D eigenvalue weighted by molar-refractivity contribution is 5.86. The molecule has 0 saturated heterocycles. The second-order valence-corrected chi connectivity index (χ2v) is 5.69. The van der Waals surface area contributed by atoms with Crippen molar-refractivity contribution in [2.45, 2.75) is 6.18 Å². The van der Waals surface area contributed by atoms with Gasteiger partial charge in [-0.15, -0.1) is 0 Å². The molecule has 0 spiro atoms. The summed E-state index contributed by atoms with van der Waals surface area (Å²) in [6.45, 7) is 0. The molecule has 0 amide bonds. The molecule has 10 heteroatoms. The number of nitrogen functional groups attached to an aromatic ring is 2. The third-order valence-corrected chi connectivity index (χ3v) is 3.71. The van der Waals surface area contributed by atoms with E-state index in [9.17, 15) is 17.6 Å². The topological polar surface area (TPSA) is 102 Å². The van der Waals surface area contributed by atoms with Crippen molar-refractivity contribution in [3.8, 4) is 11.3 Å². The van der Waals surface area contributed by atoms with Gasteiger partial charge < -0.3 is 11.5 Å². The highest BCUT2D eigenvalue weighted by Gasteiger charge is 2.36. The molecular formula is C18H14F4N6. The van der Waals surface area contributed by atoms with Gasteiger partial charge in [-0.3, -0.25) is 0 Å². The van der Waals surface area contributed by atoms with Gasteiger partial charge in [0.25, 0.3) is 0 Å². The number of halogens is 4. The Labute approximate surface area is 156 Å². The highest BCUT2D eigenvalue weighted by Crippen LogP contribution is 2.40. The number of benzene rings is 2. The van der Waals surface area contributed by atoms with Gasteiger partial charge in [0, 0.05) is 23.1 Å². The molecule has 6 nitrogen and oxygen atoms in total. The summed E-state index contributed by atoms with van der Waals surface area (Å²) in [5, 5.41) is 3.85. The third-order valence-electron chi connectivity index (χ3n) is 3.71. The van der Waals surface area contributed by atoms with Crippen molar-refractivity contribution in [3.63, 3.8) is 0 Å². The van der Waals surface area contributed by atoms with E-state index in [1.54, 1.807) is 0 Å². The monoisotopic (exact) mass is 390 g/mol. The maximum Gasteiger partial charge on any atom is 0.419 e. The van der Waals surface area contributed by atoms with Crippen LogP contribution in [0.2, 0.25) is 0 Å². The molecule has 3 rings (SSSR count). The molecule has 3 aromatic rings. The molecule has 1 heterocycles. The van der Waals surface area contributed by atoms with E-state index in [0.717, 1.165) is 0 Å². The lowest BCUT2D eigenvalue weighted by Gasteiger charge is -2.15. The summed E-state index contributed by atoms with van der Waals surface area (Å²) in [7, 11) is 0. The molecule has 0 fully saturated rings. The minimum Gasteiger partial charge on any atom is -0.398 e. The summed E-state index contributed by atoms with van der Waals surface area (Å²) in [6.07, 6.45) is -2.74. The molecule has 0 atom stereocenters. The van der Waals surface area contributed by atoms with Gasteiger partial charge in [-0.25, -0.2) is 19.8 Å². The minimum absolute atomic E-state index is 0.0391. The van der Waals surface area contributed by atoms with Crippen molar-refractivity contribution in [3.05, 3.63) is 65.6 Å². The summed E-state index contributed by atoms with van der Waals surface area (Å²) in [4.78, 5) is 7.54. The summed E-state index contributed by atoms with van der Waals surface area (Å²) in [5.74, 6) is -0.595. The van der Waals surface area contributed by atoms with Gasteiger partial charge in [-0.05, 0) is 29.8 Å². The first kappa shape index (κ1) is 19.1. The van der Waals surface area contributed by atoms with E-state index in [2.05, 4.69) is 20.5 Å². The van der Waals surface area contributed by atoms with Crippen LogP contribution >= 0.6 is 0 Å². The van der Waals surface area contributed by atoms with Gasteiger partial charge in [0.1, 0.15) is 11.4 Å². The van der Waals surface area contributed by atoms with E-state index in [0.29, 0.717) is 11.8 Å². The molecule has 0 bridgehead atoms. The summed E-state index contributed by atoms with van der Waals surface area (Å²) in [6, 6.07) is 9.82. The molecule has 0 aliphatic carbocycles. The molecule has 0 unspecified atom stereocenters. The van der Waals surface area contributed by atoms with Crippen LogP contribution in [0.1, 0.15) is 11.1 Å². The van der Waals surface area contributed by atoms with Crippen LogP contribution in [0.3, 0.4) is 0 Å². The Morgan fingerprint density at radius 1 is 1.00 bits per heavy atom. The number of hydrogen-bond acceptors (Lipinski definition) is 6. The Hall–Kier alpha value is -3.69. The number of nitrogens with two attached hydrogens (primary N) is 2. The molecule has 5 N–H and O–H groups in total. The number of alkyl halides is 3. The predicted octanol–water partition coefficient (Wildman–Crippen LogP) is 3.91. The number of aromatic nitrogens is 2. The van der Waals surface area contributed by atoms with Crippen LogP contribution < -0.4 is 16.9 Å². The summed E-state index contributed by atoms with van der Waals surface area (Å²) >= 11 is 0. The molecule has 1 aromatic heterocycles. The van der Waals surface area contributed by atoms with Gasteiger partial charge in [0.15, 0.2) is 0 Å². The Bertz CT molecular complexity index is 995. The van der Waals surface area contributed by atoms with E-state index >= 15 is 0 Å². The van der Waals surface area contributed by atoms with Crippen molar-refractivity contribution in [2.24, 2.45) is 5.10 Å². The summed E-state index contributed by atoms with van der Waals surface area (Å²) in [5.41, 5.74) is 13.2. The number of hydrogen-bond donors (Lipinski definition) is 3. The smallest absolute Gasteiger partial charge is 0.398 e. The molecule has 0 aliphatic heterocycles. The second-order valence-electron chi connectivity index (χ2n) is 5.69. The minimum atomic E-state index is -4.71. The first-order valence-electron chi connectivity index (χ1n) is 7.89. The van der Waals surface area contributed by atoms with Crippen LogP contribution in [0, 0.1) is 5.82 Å². The fourth-order valence-corrected chi connectivity index (χ4v) is 2.41. The van der Waals surface area contributed by atoms with Gasteiger partial charge in [-0.2, -0.15) is 18.3 Å². The lowest BCUT2D eigenvalue weighted by Crippen LogP contribution is -2.12. The zero-order chi connectivity index (χ0) is 20.3. The standard InChI is InChI=1S/C18H14F4N6/c19-11-6-4-10(5-7-11)8-26-28-17-25-9-12(18(20,21)22)16(27-17)15-13(23)2-1-3-14(15)24/h1-9H,23-24H2,(H,25,27,28). The zero-order valence-electron chi connectivity index (χ0n) is 14.2. The second kappa shape index (κ2) is 7.51. The fourth-order valence-electron chi connectivity index (χ4n) is 2.41. The van der Waals surface area contributed by atoms with E-state index in [1.807, 2.05) is 0 Å². The van der Waals surface area contributed by atoms with Crippen LogP contribution in [-0.2, 0) is 6.18 Å². The van der Waals surface area contributed by atoms with Crippen molar-refractivity contribution in [1.29, 1.82) is 0 Å². The molecule has 144 valence electrons. The normalized spacial score (nSPS) is 11.7. The molecular weight excluding hydrogens is 376 g/mol. The Morgan fingerprint density at radius 3 is 2.25 bits per heavy atom. The first-order valence-corrected chi connectivity index (χ1v) is 7.89. The van der Waals surface area contributed by atoms with Crippen LogP contribution in [0.15, 0.2) is 53.8 Å². The number of hydrazone groups is 1. The highest BCUT2D eigenvalue weighted by atomic mass is 19.4. The van der Waals surface area contributed by atoms with Crippen molar-refractivity contribution in [1.82, 2.24) is 9.97 Å². The number of nitrogens with zero attached hydrogens (tertiary/aromatic N) is 3. The number of anilines is 3. The van der Waals surface area contributed by atoms with Crippen LogP contribution in [-0.4, -0.2) is 16.2 Å². The first-order chi connectivity index (χ1) is 13.3. The maximum atomic E-state index is 13.4. The van der Waals surface area contributed by atoms with Crippen molar-refractivity contribution < 1.29 is 17.6 Å². The fraction of sp³-hybridized carbons (Fsp3) is 0.0556. The largest absolute Gasteiger partial charge is 0.419 e. The lowest BCUT2D eigenvalue weighted by molar-refractivity contribution is -0.137. The average Bonchev–Trinajstić information content (AvgIpc) is 2.62. The van der Waals surface area contributed by atoms with E-state index < -0.39 is 23.3 Å². The molecule has 0 aliphatic rings. The maximum absolute atomic E-state index is 13.4. The third kappa shape index (κ3) is 4.17. The van der Waals surface area contributed by atoms with Crippen LogP contribution in [0.25, 0.3) is 11.3 Å². The van der Waals surface area contributed by atoms with Crippen molar-refractivity contribution in [2.75, 3.05) is 16.9 Å². The predicted molar refractivity (Wildman–Crippen MR) is 98.9 cm³/mol. The van der Waals surface area contributed by atoms with Crippen molar-refractivity contribution >= 4 is 23.5 Å². The quantitative estimate of drug-likeness (QED) is 0.271. The number of rotatable bonds is 4. The van der Waals surface area contributed by atoms with Gasteiger partial charge >= 0.3 is 6.18 Å². The van der Waals surface area contributed by atoms with Gasteiger partial charge in [0.2, 0.25) is 5.95 Å².